The predicted molar refractivity (Wildman–Crippen MR) is 130 cm³/mol. The Morgan fingerprint density at radius 2 is 1.84 bits per heavy atom. The van der Waals surface area contributed by atoms with E-state index in [1.54, 1.807) is 20.2 Å². The number of ether oxygens (including phenoxy) is 1. The number of aliphatic imine (C=N–C) groups is 1. The monoisotopic (exact) mass is 550 g/mol. The number of carbonyl (C=O) groups is 2. The van der Waals surface area contributed by atoms with Crippen LogP contribution in [0.15, 0.2) is 21.7 Å². The lowest BCUT2D eigenvalue weighted by Gasteiger charge is -2.36. The largest absolute Gasteiger partial charge is 0.459 e. The fourth-order valence-corrected chi connectivity index (χ4v) is 3.18. The number of methoxy groups -OCH3 is 1. The number of nitrogens with zero attached hydrogens (tertiary/aromatic N) is 3. The minimum absolute atomic E-state index is 0. The van der Waals surface area contributed by atoms with E-state index < -0.39 is 0 Å². The van der Waals surface area contributed by atoms with Crippen LogP contribution >= 0.6 is 24.0 Å². The minimum Gasteiger partial charge on any atom is -0.459 e. The Bertz CT molecular complexity index is 704. The van der Waals surface area contributed by atoms with Crippen LogP contribution in [0.5, 0.6) is 0 Å². The zero-order valence-electron chi connectivity index (χ0n) is 18.6. The van der Waals surface area contributed by atoms with Gasteiger partial charge in [-0.1, -0.05) is 0 Å². The molecule has 1 saturated heterocycles. The molecule has 2 heterocycles. The standard InChI is InChI=1S/C20H34N6O4.HI/c1-16-5-13-30-18(16)19(28)23-6-4-7-24-20(21-2)26-11-9-25(10-12-26)15-17(27)22-8-14-29-3;/h5,13H,4,6-12,14-15H2,1-3H3,(H,21,24)(H,22,27)(H,23,28);1H. The fraction of sp³-hybridized carbons (Fsp3) is 0.650. The van der Waals surface area contributed by atoms with Crippen molar-refractivity contribution in [3.05, 3.63) is 23.7 Å². The van der Waals surface area contributed by atoms with E-state index in [2.05, 4.69) is 30.7 Å². The lowest BCUT2D eigenvalue weighted by molar-refractivity contribution is -0.122. The normalized spacial score (nSPS) is 14.7. The number of amides is 2. The Hall–Kier alpha value is -1.86. The molecule has 1 aliphatic rings. The molecule has 176 valence electrons. The van der Waals surface area contributed by atoms with Gasteiger partial charge in [0, 0.05) is 65.5 Å². The predicted octanol–water partition coefficient (Wildman–Crippen LogP) is 0.282. The maximum atomic E-state index is 12.0. The van der Waals surface area contributed by atoms with Gasteiger partial charge in [0.05, 0.1) is 19.4 Å². The quantitative estimate of drug-likeness (QED) is 0.166. The van der Waals surface area contributed by atoms with Gasteiger partial charge in [-0.3, -0.25) is 19.5 Å². The molecule has 3 N–H and O–H groups in total. The molecule has 0 spiro atoms. The summed E-state index contributed by atoms with van der Waals surface area (Å²) >= 11 is 0. The Morgan fingerprint density at radius 1 is 1.13 bits per heavy atom. The molecule has 0 bridgehead atoms. The molecule has 0 saturated carbocycles. The van der Waals surface area contributed by atoms with Gasteiger partial charge in [-0.15, -0.1) is 24.0 Å². The highest BCUT2D eigenvalue weighted by Crippen LogP contribution is 2.08. The van der Waals surface area contributed by atoms with E-state index in [4.69, 9.17) is 9.15 Å². The van der Waals surface area contributed by atoms with Crippen molar-refractivity contribution in [3.63, 3.8) is 0 Å². The minimum atomic E-state index is -0.190. The molecule has 1 fully saturated rings. The summed E-state index contributed by atoms with van der Waals surface area (Å²) < 4.78 is 10.1. The van der Waals surface area contributed by atoms with Crippen molar-refractivity contribution in [2.75, 3.05) is 73.1 Å². The van der Waals surface area contributed by atoms with Gasteiger partial charge in [0.2, 0.25) is 5.91 Å². The van der Waals surface area contributed by atoms with E-state index in [-0.39, 0.29) is 35.8 Å². The van der Waals surface area contributed by atoms with Crippen LogP contribution in [0.3, 0.4) is 0 Å². The van der Waals surface area contributed by atoms with Gasteiger partial charge in [-0.25, -0.2) is 0 Å². The molecule has 0 unspecified atom stereocenters. The van der Waals surface area contributed by atoms with E-state index in [1.165, 1.54) is 6.26 Å². The number of hydrogen-bond acceptors (Lipinski definition) is 6. The number of hydrogen-bond donors (Lipinski definition) is 3. The molecule has 0 aromatic carbocycles. The van der Waals surface area contributed by atoms with Crippen molar-refractivity contribution in [2.45, 2.75) is 13.3 Å². The molecule has 0 radical (unpaired) electrons. The Balaban J connectivity index is 0.00000480. The molecule has 10 nitrogen and oxygen atoms in total. The summed E-state index contributed by atoms with van der Waals surface area (Å²) in [6.07, 6.45) is 2.29. The summed E-state index contributed by atoms with van der Waals surface area (Å²) in [7, 11) is 3.38. The van der Waals surface area contributed by atoms with Crippen molar-refractivity contribution in [1.82, 2.24) is 25.8 Å². The zero-order chi connectivity index (χ0) is 21.8. The van der Waals surface area contributed by atoms with Crippen LogP contribution in [0.25, 0.3) is 0 Å². The summed E-state index contributed by atoms with van der Waals surface area (Å²) in [6, 6.07) is 1.77. The summed E-state index contributed by atoms with van der Waals surface area (Å²) in [6.45, 7) is 7.77. The number of piperazine rings is 1. The first-order valence-corrected chi connectivity index (χ1v) is 10.3. The van der Waals surface area contributed by atoms with E-state index in [0.29, 0.717) is 38.5 Å². The van der Waals surface area contributed by atoms with Crippen LogP contribution in [-0.4, -0.2) is 101 Å². The summed E-state index contributed by atoms with van der Waals surface area (Å²) in [5.74, 6) is 1.04. The summed E-state index contributed by atoms with van der Waals surface area (Å²) in [5.41, 5.74) is 0.831. The zero-order valence-corrected chi connectivity index (χ0v) is 20.9. The maximum absolute atomic E-state index is 12.0. The highest BCUT2D eigenvalue weighted by molar-refractivity contribution is 14.0. The molecule has 11 heteroatoms. The molecule has 31 heavy (non-hydrogen) atoms. The molecule has 1 aliphatic heterocycles. The number of rotatable bonds is 10. The van der Waals surface area contributed by atoms with Crippen LogP contribution in [0.4, 0.5) is 0 Å². The lowest BCUT2D eigenvalue weighted by atomic mass is 10.2. The van der Waals surface area contributed by atoms with Crippen LogP contribution in [-0.2, 0) is 9.53 Å². The Labute approximate surface area is 201 Å². The van der Waals surface area contributed by atoms with E-state index in [9.17, 15) is 9.59 Å². The number of nitrogens with one attached hydrogen (secondary N) is 3. The summed E-state index contributed by atoms with van der Waals surface area (Å²) in [4.78, 5) is 32.6. The van der Waals surface area contributed by atoms with E-state index >= 15 is 0 Å². The molecule has 2 rings (SSSR count). The molecule has 2 amide bonds. The number of carbonyl (C=O) groups excluding carboxylic acids is 2. The number of furan rings is 1. The SMILES string of the molecule is CN=C(NCCCNC(=O)c1occc1C)N1CCN(CC(=O)NCCOC)CC1.I. The highest BCUT2D eigenvalue weighted by atomic mass is 127. The first kappa shape index (κ1) is 27.2. The van der Waals surface area contributed by atoms with Crippen LogP contribution in [0.2, 0.25) is 0 Å². The topological polar surface area (TPSA) is 111 Å². The highest BCUT2D eigenvalue weighted by Gasteiger charge is 2.21. The third-order valence-corrected chi connectivity index (χ3v) is 4.87. The Morgan fingerprint density at radius 3 is 2.45 bits per heavy atom. The molecular weight excluding hydrogens is 515 g/mol. The average molecular weight is 550 g/mol. The van der Waals surface area contributed by atoms with Gasteiger partial charge in [0.1, 0.15) is 0 Å². The average Bonchev–Trinajstić information content (AvgIpc) is 3.17. The third kappa shape index (κ3) is 9.44. The second-order valence-corrected chi connectivity index (χ2v) is 7.12. The van der Waals surface area contributed by atoms with Crippen LogP contribution < -0.4 is 16.0 Å². The molecule has 1 aromatic rings. The number of aryl methyl sites for hydroxylation is 1. The van der Waals surface area contributed by atoms with Crippen molar-refractivity contribution >= 4 is 41.8 Å². The van der Waals surface area contributed by atoms with Gasteiger partial charge >= 0.3 is 0 Å². The van der Waals surface area contributed by atoms with Crippen molar-refractivity contribution in [1.29, 1.82) is 0 Å². The van der Waals surface area contributed by atoms with Crippen molar-refractivity contribution in [3.8, 4) is 0 Å². The second-order valence-electron chi connectivity index (χ2n) is 7.12. The maximum Gasteiger partial charge on any atom is 0.287 e. The number of halogens is 1. The van der Waals surface area contributed by atoms with E-state index in [0.717, 1.165) is 44.1 Å². The third-order valence-electron chi connectivity index (χ3n) is 4.87. The van der Waals surface area contributed by atoms with Crippen molar-refractivity contribution in [2.24, 2.45) is 4.99 Å². The van der Waals surface area contributed by atoms with Gasteiger partial charge in [-0.2, -0.15) is 0 Å². The number of guanidine groups is 1. The second kappa shape index (κ2) is 15.0. The van der Waals surface area contributed by atoms with Gasteiger partial charge < -0.3 is 30.0 Å². The van der Waals surface area contributed by atoms with Crippen molar-refractivity contribution < 1.29 is 18.7 Å². The van der Waals surface area contributed by atoms with E-state index in [1.807, 2.05) is 6.92 Å². The Kier molecular flexibility index (Phi) is 13.2. The first-order valence-electron chi connectivity index (χ1n) is 10.3. The first-order chi connectivity index (χ1) is 14.5. The molecular formula is C20H35IN6O4. The lowest BCUT2D eigenvalue weighted by Crippen LogP contribution is -2.54. The molecule has 0 atom stereocenters. The molecule has 1 aromatic heterocycles. The van der Waals surface area contributed by atoms with Gasteiger partial charge in [0.15, 0.2) is 11.7 Å². The van der Waals surface area contributed by atoms with Gasteiger partial charge in [0.25, 0.3) is 5.91 Å². The van der Waals surface area contributed by atoms with Gasteiger partial charge in [-0.05, 0) is 19.4 Å². The fourth-order valence-electron chi connectivity index (χ4n) is 3.18. The van der Waals surface area contributed by atoms with Crippen LogP contribution in [0, 0.1) is 6.92 Å². The van der Waals surface area contributed by atoms with Crippen LogP contribution in [0.1, 0.15) is 22.5 Å². The summed E-state index contributed by atoms with van der Waals surface area (Å²) in [5, 5.41) is 9.04. The molecule has 0 aliphatic carbocycles. The smallest absolute Gasteiger partial charge is 0.287 e.